The maximum absolute atomic E-state index is 2.43. The molecule has 0 atom stereocenters. The fourth-order valence-electron chi connectivity index (χ4n) is 4.89. The van der Waals surface area contributed by atoms with Crippen molar-refractivity contribution in [3.05, 3.63) is 71.3 Å². The molecule has 3 heteroatoms. The first-order valence-corrected chi connectivity index (χ1v) is 12.5. The average Bonchev–Trinajstić information content (AvgIpc) is 3.41. The van der Waals surface area contributed by atoms with Crippen molar-refractivity contribution in [3.63, 3.8) is 0 Å². The van der Waals surface area contributed by atoms with Crippen molar-refractivity contribution in [2.45, 2.75) is 65.2 Å². The molecule has 1 saturated carbocycles. The van der Waals surface area contributed by atoms with Crippen LogP contribution in [0, 0.1) is 0 Å². The summed E-state index contributed by atoms with van der Waals surface area (Å²) in [5, 5.41) is 5.61. The van der Waals surface area contributed by atoms with E-state index in [-0.39, 0.29) is 24.8 Å². The molecule has 0 nitrogen and oxygen atoms in total. The zero-order valence-corrected chi connectivity index (χ0v) is 22.6. The Kier molecular flexibility index (Phi) is 10.5. The third kappa shape index (κ3) is 5.73. The molecule has 0 amide bonds. The van der Waals surface area contributed by atoms with Gasteiger partial charge in [-0.05, 0) is 19.3 Å². The minimum absolute atomic E-state index is 0. The van der Waals surface area contributed by atoms with Crippen LogP contribution in [0.2, 0.25) is 0 Å². The summed E-state index contributed by atoms with van der Waals surface area (Å²) < 4.78 is 1.80. The summed E-state index contributed by atoms with van der Waals surface area (Å²) in [6.45, 7) is 4.56. The second kappa shape index (κ2) is 12.4. The first-order chi connectivity index (χ1) is 14.2. The predicted octanol–water partition coefficient (Wildman–Crippen LogP) is 1.86. The molecule has 0 bridgehead atoms. The first-order valence-electron chi connectivity index (χ1n) is 11.3. The topological polar surface area (TPSA) is 0 Å². The van der Waals surface area contributed by atoms with Gasteiger partial charge in [0.25, 0.3) is 0 Å². The van der Waals surface area contributed by atoms with Crippen molar-refractivity contribution < 1.29 is 49.0 Å². The van der Waals surface area contributed by atoms with Crippen LogP contribution in [0.4, 0.5) is 0 Å². The van der Waals surface area contributed by atoms with Crippen LogP contribution in [0.5, 0.6) is 0 Å². The maximum atomic E-state index is 2.43. The summed E-state index contributed by atoms with van der Waals surface area (Å²) in [6.07, 6.45) is 17.3. The van der Waals surface area contributed by atoms with E-state index in [1.807, 2.05) is 0 Å². The Hall–Kier alpha value is -0.877. The molecule has 162 valence electrons. The number of allylic oxidation sites excluding steroid dienone is 4. The molecule has 1 fully saturated rings. The quantitative estimate of drug-likeness (QED) is 0.455. The van der Waals surface area contributed by atoms with Gasteiger partial charge in [0.05, 0.1) is 0 Å². The summed E-state index contributed by atoms with van der Waals surface area (Å²) in [7, 11) is 0. The number of aryl methyl sites for hydroxylation is 1. The number of halogens is 2. The van der Waals surface area contributed by atoms with E-state index in [0.717, 1.165) is 19.3 Å². The number of rotatable bonds is 3. The number of hydrogen-bond acceptors (Lipinski definition) is 0. The van der Waals surface area contributed by atoms with Crippen LogP contribution in [-0.2, 0) is 37.1 Å². The normalized spacial score (nSPS) is 15.2. The van der Waals surface area contributed by atoms with Crippen molar-refractivity contribution >= 4 is 30.3 Å². The monoisotopic (exact) mass is 527 g/mol. The van der Waals surface area contributed by atoms with Gasteiger partial charge in [0.15, 0.2) is 0 Å². The molecule has 0 spiro atoms. The second-order valence-corrected chi connectivity index (χ2v) is 10.0. The molecule has 3 aromatic carbocycles. The van der Waals surface area contributed by atoms with Crippen LogP contribution in [0.1, 0.15) is 69.1 Å². The van der Waals surface area contributed by atoms with E-state index in [0.29, 0.717) is 0 Å². The first kappa shape index (κ1) is 26.4. The Labute approximate surface area is 214 Å². The Morgan fingerprint density at radius 2 is 1.68 bits per heavy atom. The van der Waals surface area contributed by atoms with Crippen molar-refractivity contribution in [2.24, 2.45) is 0 Å². The summed E-state index contributed by atoms with van der Waals surface area (Å²) >= 11 is 1.69. The summed E-state index contributed by atoms with van der Waals surface area (Å²) in [6, 6.07) is 13.6. The van der Waals surface area contributed by atoms with Crippen molar-refractivity contribution in [2.75, 3.05) is 0 Å². The molecular formula is C28H31Cl2Zr-. The zero-order valence-electron chi connectivity index (χ0n) is 18.6. The molecule has 2 aliphatic rings. The Balaban J connectivity index is 0.000000327. The number of hydrogen-bond donors (Lipinski definition) is 0. The van der Waals surface area contributed by atoms with Crippen LogP contribution in [0.15, 0.2) is 54.6 Å². The van der Waals surface area contributed by atoms with Gasteiger partial charge in [-0.2, -0.15) is 0 Å². The van der Waals surface area contributed by atoms with E-state index >= 15 is 0 Å². The van der Waals surface area contributed by atoms with Crippen LogP contribution >= 0.6 is 0 Å². The van der Waals surface area contributed by atoms with E-state index in [1.165, 1.54) is 70.3 Å². The summed E-state index contributed by atoms with van der Waals surface area (Å²) in [5.41, 5.74) is 6.03. The van der Waals surface area contributed by atoms with Gasteiger partial charge in [-0.3, -0.25) is 0 Å². The van der Waals surface area contributed by atoms with Gasteiger partial charge in [-0.1, -0.05) is 78.6 Å². The van der Waals surface area contributed by atoms with Gasteiger partial charge < -0.3 is 24.8 Å². The van der Waals surface area contributed by atoms with Gasteiger partial charge in [-0.15, -0.1) is 33.7 Å². The van der Waals surface area contributed by atoms with Gasteiger partial charge in [0.1, 0.15) is 0 Å². The Morgan fingerprint density at radius 3 is 2.26 bits per heavy atom. The molecule has 0 aliphatic heterocycles. The van der Waals surface area contributed by atoms with Crippen LogP contribution < -0.4 is 24.8 Å². The van der Waals surface area contributed by atoms with Crippen molar-refractivity contribution in [1.82, 2.24) is 0 Å². The molecule has 0 unspecified atom stereocenters. The zero-order chi connectivity index (χ0) is 20.2. The molecule has 0 radical (unpaired) electrons. The third-order valence-corrected chi connectivity index (χ3v) is 7.63. The fourth-order valence-corrected chi connectivity index (χ4v) is 5.76. The molecule has 31 heavy (non-hydrogen) atoms. The van der Waals surface area contributed by atoms with Gasteiger partial charge in [0.2, 0.25) is 0 Å². The molecule has 5 rings (SSSR count). The van der Waals surface area contributed by atoms with Crippen LogP contribution in [0.25, 0.3) is 27.1 Å². The second-order valence-electron chi connectivity index (χ2n) is 8.28. The van der Waals surface area contributed by atoms with Gasteiger partial charge in [-0.25, -0.2) is 0 Å². The molecule has 3 aromatic rings. The summed E-state index contributed by atoms with van der Waals surface area (Å²) in [5.74, 6) is 0. The van der Waals surface area contributed by atoms with Crippen LogP contribution in [-0.4, -0.2) is 3.21 Å². The molecule has 2 aliphatic carbocycles. The molecule has 0 saturated heterocycles. The van der Waals surface area contributed by atoms with Gasteiger partial charge in [0, 0.05) is 0 Å². The molecule has 0 aromatic heterocycles. The molecule has 0 N–H and O–H groups in total. The number of benzene rings is 2. The van der Waals surface area contributed by atoms with E-state index in [4.69, 9.17) is 0 Å². The van der Waals surface area contributed by atoms with E-state index in [9.17, 15) is 0 Å². The van der Waals surface area contributed by atoms with Crippen molar-refractivity contribution in [1.29, 1.82) is 0 Å². The molecular weight excluding hydrogens is 498 g/mol. The molecule has 0 heterocycles. The van der Waals surface area contributed by atoms with E-state index < -0.39 is 0 Å². The summed E-state index contributed by atoms with van der Waals surface area (Å²) in [4.78, 5) is 0. The Bertz CT molecular complexity index is 1090. The average molecular weight is 530 g/mol. The van der Waals surface area contributed by atoms with Gasteiger partial charge >= 0.3 is 59.5 Å². The van der Waals surface area contributed by atoms with E-state index in [2.05, 4.69) is 68.5 Å². The third-order valence-electron chi connectivity index (χ3n) is 6.40. The SMILES string of the molecule is CCc1cc2c([cH-]c3ccccc32)c(C2=CC=CC2)c1CC.[Cl-].[Cl-].[Zr+2]=[C]1CCCCC1. The number of fused-ring (bicyclic) bond motifs is 3. The Morgan fingerprint density at radius 1 is 0.935 bits per heavy atom. The minimum atomic E-state index is 0. The standard InChI is InChI=1S/C22H21.C6H10.2ClH.Zr/c1-3-15-13-20-19-12-8-7-11-17(19)14-21(20)22(18(15)4-2)16-9-5-6-10-16;1-2-4-6-5-3-1;;;/h5-9,11-14H,3-4,10H2,1-2H3;1-5H2;2*1H;/q-1;;;;+2/p-2. The fraction of sp³-hybridized carbons (Fsp3) is 0.357. The van der Waals surface area contributed by atoms with E-state index in [1.54, 1.807) is 33.0 Å². The van der Waals surface area contributed by atoms with Crippen LogP contribution in [0.3, 0.4) is 0 Å². The predicted molar refractivity (Wildman–Crippen MR) is 126 cm³/mol. The van der Waals surface area contributed by atoms with Crippen molar-refractivity contribution in [3.8, 4) is 0 Å².